The molecular formula is C17H10BrF4NO3. The molecule has 0 aliphatic heterocycles. The van der Waals surface area contributed by atoms with E-state index in [2.05, 4.69) is 20.7 Å². The van der Waals surface area contributed by atoms with Crippen LogP contribution in [0.2, 0.25) is 0 Å². The van der Waals surface area contributed by atoms with E-state index in [0.29, 0.717) is 15.4 Å². The number of alkyl halides is 3. The third-order valence-electron chi connectivity index (χ3n) is 3.67. The number of hydrogen-bond donors (Lipinski definition) is 1. The van der Waals surface area contributed by atoms with Crippen LogP contribution in [0.25, 0.3) is 10.9 Å². The SMILES string of the molecule is O=C(O)c1cccc(Cn2ccc3cc(OC(F)(F)F)cc(Br)c32)c1F. The highest BCUT2D eigenvalue weighted by molar-refractivity contribution is 9.10. The summed E-state index contributed by atoms with van der Waals surface area (Å²) in [6.45, 7) is 0.00846. The van der Waals surface area contributed by atoms with E-state index in [1.54, 1.807) is 16.8 Å². The number of nitrogens with zero attached hydrogens (tertiary/aromatic N) is 1. The molecule has 0 atom stereocenters. The number of carboxylic acid groups (broad SMARTS) is 1. The van der Waals surface area contributed by atoms with Crippen molar-refractivity contribution in [1.82, 2.24) is 4.57 Å². The van der Waals surface area contributed by atoms with Gasteiger partial charge >= 0.3 is 12.3 Å². The first-order valence-corrected chi connectivity index (χ1v) is 8.00. The topological polar surface area (TPSA) is 51.5 Å². The maximum atomic E-state index is 14.3. The molecule has 0 spiro atoms. The number of benzene rings is 2. The number of fused-ring (bicyclic) bond motifs is 1. The van der Waals surface area contributed by atoms with Crippen LogP contribution in [0.1, 0.15) is 15.9 Å². The molecule has 2 aromatic carbocycles. The van der Waals surface area contributed by atoms with Crippen LogP contribution in [0.15, 0.2) is 47.1 Å². The molecule has 0 unspecified atom stereocenters. The molecule has 0 aliphatic carbocycles. The number of hydrogen-bond acceptors (Lipinski definition) is 2. The number of aromatic carboxylic acids is 1. The van der Waals surface area contributed by atoms with Crippen molar-refractivity contribution >= 4 is 32.8 Å². The highest BCUT2D eigenvalue weighted by Gasteiger charge is 2.31. The van der Waals surface area contributed by atoms with Crippen molar-refractivity contribution in [3.05, 3.63) is 64.0 Å². The van der Waals surface area contributed by atoms with Crippen molar-refractivity contribution in [3.8, 4) is 5.75 Å². The van der Waals surface area contributed by atoms with Gasteiger partial charge in [0.1, 0.15) is 11.6 Å². The van der Waals surface area contributed by atoms with E-state index in [4.69, 9.17) is 5.11 Å². The van der Waals surface area contributed by atoms with Gasteiger partial charge in [-0.3, -0.25) is 0 Å². The van der Waals surface area contributed by atoms with Crippen LogP contribution in [-0.4, -0.2) is 22.0 Å². The summed E-state index contributed by atoms with van der Waals surface area (Å²) in [5.74, 6) is -2.61. The molecule has 0 aliphatic rings. The Bertz CT molecular complexity index is 998. The molecule has 0 amide bonds. The summed E-state index contributed by atoms with van der Waals surface area (Å²) < 4.78 is 57.3. The fraction of sp³-hybridized carbons (Fsp3) is 0.118. The molecule has 4 nitrogen and oxygen atoms in total. The molecular weight excluding hydrogens is 422 g/mol. The van der Waals surface area contributed by atoms with Crippen molar-refractivity contribution in [3.63, 3.8) is 0 Å². The first-order chi connectivity index (χ1) is 12.2. The summed E-state index contributed by atoms with van der Waals surface area (Å²) in [4.78, 5) is 11.0. The molecule has 136 valence electrons. The molecule has 1 N–H and O–H groups in total. The fourth-order valence-electron chi connectivity index (χ4n) is 2.64. The van der Waals surface area contributed by atoms with Crippen LogP contribution in [0.3, 0.4) is 0 Å². The quantitative estimate of drug-likeness (QED) is 0.578. The first-order valence-electron chi connectivity index (χ1n) is 7.20. The molecule has 3 aromatic rings. The highest BCUT2D eigenvalue weighted by Crippen LogP contribution is 2.33. The van der Waals surface area contributed by atoms with Crippen molar-refractivity contribution in [2.24, 2.45) is 0 Å². The standard InChI is InChI=1S/C17H10BrF4NO3/c18-13-7-11(26-17(20,21)22)6-9-4-5-23(15(9)13)8-10-2-1-3-12(14(10)19)16(24)25/h1-7H,8H2,(H,24,25). The molecule has 0 bridgehead atoms. The molecule has 0 saturated heterocycles. The smallest absolute Gasteiger partial charge is 0.478 e. The largest absolute Gasteiger partial charge is 0.573 e. The van der Waals surface area contributed by atoms with E-state index in [1.165, 1.54) is 18.2 Å². The lowest BCUT2D eigenvalue weighted by Gasteiger charge is -2.12. The van der Waals surface area contributed by atoms with Gasteiger partial charge in [-0.05, 0) is 40.2 Å². The Morgan fingerprint density at radius 2 is 1.96 bits per heavy atom. The number of carbonyl (C=O) groups is 1. The van der Waals surface area contributed by atoms with Crippen LogP contribution >= 0.6 is 15.9 Å². The fourth-order valence-corrected chi connectivity index (χ4v) is 3.33. The summed E-state index contributed by atoms with van der Waals surface area (Å²) >= 11 is 3.20. The average molecular weight is 432 g/mol. The number of aromatic nitrogens is 1. The van der Waals surface area contributed by atoms with Gasteiger partial charge in [0, 0.05) is 21.6 Å². The Balaban J connectivity index is 2.00. The lowest BCUT2D eigenvalue weighted by Crippen LogP contribution is -2.17. The van der Waals surface area contributed by atoms with Gasteiger partial charge in [-0.1, -0.05) is 12.1 Å². The van der Waals surface area contributed by atoms with Gasteiger partial charge < -0.3 is 14.4 Å². The molecule has 1 aromatic heterocycles. The normalized spacial score (nSPS) is 11.7. The van der Waals surface area contributed by atoms with Crippen LogP contribution in [0.5, 0.6) is 5.75 Å². The van der Waals surface area contributed by atoms with Gasteiger partial charge in [0.15, 0.2) is 0 Å². The van der Waals surface area contributed by atoms with Gasteiger partial charge in [0.05, 0.1) is 17.6 Å². The monoisotopic (exact) mass is 431 g/mol. The second-order valence-corrected chi connectivity index (χ2v) is 6.27. The number of halogens is 5. The molecule has 0 radical (unpaired) electrons. The maximum absolute atomic E-state index is 14.3. The van der Waals surface area contributed by atoms with Gasteiger partial charge in [-0.2, -0.15) is 0 Å². The average Bonchev–Trinajstić information content (AvgIpc) is 2.90. The molecule has 1 heterocycles. The van der Waals surface area contributed by atoms with E-state index in [1.807, 2.05) is 0 Å². The van der Waals surface area contributed by atoms with Crippen LogP contribution in [0, 0.1) is 5.82 Å². The Kier molecular flexibility index (Phi) is 4.66. The van der Waals surface area contributed by atoms with E-state index >= 15 is 0 Å². The maximum Gasteiger partial charge on any atom is 0.573 e. The number of rotatable bonds is 4. The molecule has 3 rings (SSSR count). The Morgan fingerprint density at radius 3 is 2.62 bits per heavy atom. The molecule has 0 saturated carbocycles. The summed E-state index contributed by atoms with van der Waals surface area (Å²) in [5.41, 5.74) is 0.225. The zero-order chi connectivity index (χ0) is 19.1. The Labute approximate surface area is 152 Å². The minimum Gasteiger partial charge on any atom is -0.478 e. The molecule has 0 fully saturated rings. The lowest BCUT2D eigenvalue weighted by molar-refractivity contribution is -0.274. The van der Waals surface area contributed by atoms with Crippen molar-refractivity contribution in [2.75, 3.05) is 0 Å². The Hall–Kier alpha value is -2.55. The van der Waals surface area contributed by atoms with Crippen LogP contribution < -0.4 is 4.74 Å². The van der Waals surface area contributed by atoms with E-state index in [-0.39, 0.29) is 17.9 Å². The van der Waals surface area contributed by atoms with Crippen molar-refractivity contribution in [1.29, 1.82) is 0 Å². The minimum absolute atomic E-state index is 0.00846. The van der Waals surface area contributed by atoms with Gasteiger partial charge in [-0.15, -0.1) is 13.2 Å². The molecule has 9 heteroatoms. The highest BCUT2D eigenvalue weighted by atomic mass is 79.9. The second kappa shape index (κ2) is 6.64. The van der Waals surface area contributed by atoms with Crippen molar-refractivity contribution < 1.29 is 32.2 Å². The van der Waals surface area contributed by atoms with E-state index < -0.39 is 23.7 Å². The third kappa shape index (κ3) is 3.67. The third-order valence-corrected chi connectivity index (χ3v) is 4.28. The molecule has 26 heavy (non-hydrogen) atoms. The summed E-state index contributed by atoms with van der Waals surface area (Å²) in [6, 6.07) is 7.97. The van der Waals surface area contributed by atoms with Crippen molar-refractivity contribution in [2.45, 2.75) is 12.9 Å². The first kappa shape index (κ1) is 18.2. The zero-order valence-corrected chi connectivity index (χ0v) is 14.4. The summed E-state index contributed by atoms with van der Waals surface area (Å²) in [6.07, 6.45) is -3.24. The zero-order valence-electron chi connectivity index (χ0n) is 12.8. The van der Waals surface area contributed by atoms with Gasteiger partial charge in [0.2, 0.25) is 0 Å². The van der Waals surface area contributed by atoms with E-state index in [0.717, 1.165) is 12.1 Å². The predicted octanol–water partition coefficient (Wildman–Crippen LogP) is 5.19. The van der Waals surface area contributed by atoms with E-state index in [9.17, 15) is 22.4 Å². The summed E-state index contributed by atoms with van der Waals surface area (Å²) in [7, 11) is 0. The second-order valence-electron chi connectivity index (χ2n) is 5.42. The number of ether oxygens (including phenoxy) is 1. The van der Waals surface area contributed by atoms with Gasteiger partial charge in [0.25, 0.3) is 0 Å². The minimum atomic E-state index is -4.81. The number of carboxylic acids is 1. The van der Waals surface area contributed by atoms with Crippen LogP contribution in [0.4, 0.5) is 17.6 Å². The summed E-state index contributed by atoms with van der Waals surface area (Å²) in [5, 5.41) is 9.45. The predicted molar refractivity (Wildman–Crippen MR) is 88.8 cm³/mol. The lowest BCUT2D eigenvalue weighted by atomic mass is 10.1. The van der Waals surface area contributed by atoms with Gasteiger partial charge in [-0.25, -0.2) is 9.18 Å². The van der Waals surface area contributed by atoms with Crippen LogP contribution in [-0.2, 0) is 6.54 Å². The Morgan fingerprint density at radius 1 is 1.23 bits per heavy atom.